The maximum Gasteiger partial charge on any atom is 0.320 e. The largest absolute Gasteiger partial charge is 0.481 e. The average molecular weight is 240 g/mol. The molecular formula is C12H20N2O3. The molecule has 2 aliphatic rings. The third kappa shape index (κ3) is 2.53. The van der Waals surface area contributed by atoms with Crippen molar-refractivity contribution in [3.63, 3.8) is 0 Å². The van der Waals surface area contributed by atoms with E-state index in [1.165, 1.54) is 11.3 Å². The monoisotopic (exact) mass is 240 g/mol. The maximum atomic E-state index is 12.1. The normalized spacial score (nSPS) is 27.4. The van der Waals surface area contributed by atoms with E-state index in [4.69, 9.17) is 5.11 Å². The molecule has 1 atom stereocenters. The number of carboxylic acid groups (broad SMARTS) is 1. The Labute approximate surface area is 101 Å². The smallest absolute Gasteiger partial charge is 0.320 e. The first kappa shape index (κ1) is 12.2. The van der Waals surface area contributed by atoms with Gasteiger partial charge in [0.25, 0.3) is 0 Å². The van der Waals surface area contributed by atoms with E-state index in [0.717, 1.165) is 25.7 Å². The van der Waals surface area contributed by atoms with E-state index in [1.807, 2.05) is 0 Å². The fourth-order valence-electron chi connectivity index (χ4n) is 2.86. The molecule has 1 aliphatic heterocycles. The van der Waals surface area contributed by atoms with Gasteiger partial charge in [0.2, 0.25) is 0 Å². The van der Waals surface area contributed by atoms with Crippen molar-refractivity contribution in [1.82, 2.24) is 9.80 Å². The predicted molar refractivity (Wildman–Crippen MR) is 62.7 cm³/mol. The van der Waals surface area contributed by atoms with Crippen LogP contribution in [-0.4, -0.2) is 53.1 Å². The van der Waals surface area contributed by atoms with Gasteiger partial charge in [0, 0.05) is 26.2 Å². The summed E-state index contributed by atoms with van der Waals surface area (Å²) in [6, 6.07) is 0.246. The predicted octanol–water partition coefficient (Wildman–Crippen LogP) is 1.39. The number of nitrogens with zero attached hydrogens (tertiary/aromatic N) is 2. The highest BCUT2D eigenvalue weighted by Gasteiger charge is 2.37. The molecular weight excluding hydrogens is 220 g/mol. The summed E-state index contributed by atoms with van der Waals surface area (Å²) in [5.41, 5.74) is 0. The fraction of sp³-hybridized carbons (Fsp3) is 0.833. The zero-order valence-electron chi connectivity index (χ0n) is 10.3. The Balaban J connectivity index is 2.07. The Hall–Kier alpha value is -1.26. The Morgan fingerprint density at radius 3 is 2.47 bits per heavy atom. The molecule has 2 fully saturated rings. The Bertz CT molecular complexity index is 313. The zero-order valence-corrected chi connectivity index (χ0v) is 10.3. The number of hydrogen-bond acceptors (Lipinski definition) is 2. The van der Waals surface area contributed by atoms with E-state index in [9.17, 15) is 9.59 Å². The molecule has 1 saturated heterocycles. The molecule has 0 aromatic rings. The van der Waals surface area contributed by atoms with Gasteiger partial charge in [-0.2, -0.15) is 0 Å². The maximum absolute atomic E-state index is 12.1. The summed E-state index contributed by atoms with van der Waals surface area (Å²) < 4.78 is 0. The van der Waals surface area contributed by atoms with Crippen LogP contribution in [0.25, 0.3) is 0 Å². The van der Waals surface area contributed by atoms with Crippen LogP contribution in [-0.2, 0) is 4.79 Å². The number of carbonyl (C=O) groups is 2. The number of amides is 2. The molecule has 0 aromatic heterocycles. The second-order valence-corrected chi connectivity index (χ2v) is 5.14. The minimum atomic E-state index is -0.801. The summed E-state index contributed by atoms with van der Waals surface area (Å²) >= 11 is 0. The lowest BCUT2D eigenvalue weighted by Crippen LogP contribution is -2.57. The highest BCUT2D eigenvalue weighted by atomic mass is 16.4. The summed E-state index contributed by atoms with van der Waals surface area (Å²) in [5, 5.41) is 9.09. The number of aliphatic carboxylic acids is 1. The summed E-state index contributed by atoms with van der Waals surface area (Å²) in [7, 11) is 1.69. The van der Waals surface area contributed by atoms with Crippen LogP contribution in [0.15, 0.2) is 0 Å². The lowest BCUT2D eigenvalue weighted by Gasteiger charge is -2.42. The highest BCUT2D eigenvalue weighted by molar-refractivity contribution is 5.79. The number of carboxylic acids is 1. The van der Waals surface area contributed by atoms with E-state index in [1.54, 1.807) is 11.9 Å². The van der Waals surface area contributed by atoms with Crippen LogP contribution in [0.2, 0.25) is 0 Å². The van der Waals surface area contributed by atoms with Crippen LogP contribution in [0.1, 0.15) is 32.1 Å². The highest BCUT2D eigenvalue weighted by Crippen LogP contribution is 2.26. The number of urea groups is 1. The molecule has 2 amide bonds. The molecule has 5 nitrogen and oxygen atoms in total. The van der Waals surface area contributed by atoms with E-state index < -0.39 is 11.9 Å². The van der Waals surface area contributed by atoms with Gasteiger partial charge in [-0.25, -0.2) is 4.79 Å². The summed E-state index contributed by atoms with van der Waals surface area (Å²) in [5.74, 6) is -1.25. The van der Waals surface area contributed by atoms with Gasteiger partial charge in [-0.15, -0.1) is 0 Å². The van der Waals surface area contributed by atoms with E-state index >= 15 is 0 Å². The lowest BCUT2D eigenvalue weighted by molar-refractivity contribution is -0.143. The molecule has 1 N–H and O–H groups in total. The molecule has 0 bridgehead atoms. The van der Waals surface area contributed by atoms with Gasteiger partial charge in [-0.1, -0.05) is 19.3 Å². The Kier molecular flexibility index (Phi) is 3.54. The van der Waals surface area contributed by atoms with Gasteiger partial charge in [-0.05, 0) is 12.8 Å². The first-order chi connectivity index (χ1) is 8.09. The third-order valence-corrected chi connectivity index (χ3v) is 3.85. The minimum absolute atomic E-state index is 0.00519. The second kappa shape index (κ2) is 4.94. The van der Waals surface area contributed by atoms with Crippen LogP contribution in [0.5, 0.6) is 0 Å². The van der Waals surface area contributed by atoms with Crippen molar-refractivity contribution in [2.24, 2.45) is 5.92 Å². The van der Waals surface area contributed by atoms with Gasteiger partial charge in [-0.3, -0.25) is 4.79 Å². The summed E-state index contributed by atoms with van der Waals surface area (Å²) in [6.45, 7) is 0.709. The van der Waals surface area contributed by atoms with Crippen LogP contribution in [0.3, 0.4) is 0 Å². The van der Waals surface area contributed by atoms with Crippen molar-refractivity contribution >= 4 is 12.0 Å². The van der Waals surface area contributed by atoms with Crippen LogP contribution >= 0.6 is 0 Å². The molecule has 1 aliphatic carbocycles. The molecule has 17 heavy (non-hydrogen) atoms. The first-order valence-corrected chi connectivity index (χ1v) is 6.34. The van der Waals surface area contributed by atoms with Gasteiger partial charge < -0.3 is 14.9 Å². The molecule has 1 heterocycles. The van der Waals surface area contributed by atoms with Crippen molar-refractivity contribution in [2.45, 2.75) is 38.1 Å². The summed E-state index contributed by atoms with van der Waals surface area (Å²) in [6.07, 6.45) is 5.57. The van der Waals surface area contributed by atoms with Crippen LogP contribution < -0.4 is 0 Å². The minimum Gasteiger partial charge on any atom is -0.481 e. The van der Waals surface area contributed by atoms with Crippen LogP contribution in [0, 0.1) is 5.92 Å². The van der Waals surface area contributed by atoms with Crippen molar-refractivity contribution in [3.8, 4) is 0 Å². The van der Waals surface area contributed by atoms with E-state index in [2.05, 4.69) is 0 Å². The standard InChI is InChI=1S/C12H20N2O3/c1-13-7-9(11(15)16)8-14(12(13)17)10-5-3-2-4-6-10/h9-10H,2-8H2,1H3,(H,15,16). The Morgan fingerprint density at radius 2 is 1.88 bits per heavy atom. The van der Waals surface area contributed by atoms with Gasteiger partial charge in [0.05, 0.1) is 5.92 Å². The first-order valence-electron chi connectivity index (χ1n) is 6.34. The Morgan fingerprint density at radius 1 is 1.24 bits per heavy atom. The molecule has 0 aromatic carbocycles. The van der Waals surface area contributed by atoms with Gasteiger partial charge in [0.15, 0.2) is 0 Å². The fourth-order valence-corrected chi connectivity index (χ4v) is 2.86. The SMILES string of the molecule is CN1CC(C(=O)O)CN(C2CCCCC2)C1=O. The summed E-state index contributed by atoms with van der Waals surface area (Å²) in [4.78, 5) is 26.4. The van der Waals surface area contributed by atoms with E-state index in [-0.39, 0.29) is 12.1 Å². The zero-order chi connectivity index (χ0) is 12.4. The quantitative estimate of drug-likeness (QED) is 0.793. The lowest BCUT2D eigenvalue weighted by atomic mass is 9.92. The number of hydrogen-bond donors (Lipinski definition) is 1. The van der Waals surface area contributed by atoms with Crippen molar-refractivity contribution in [3.05, 3.63) is 0 Å². The van der Waals surface area contributed by atoms with E-state index in [0.29, 0.717) is 13.1 Å². The molecule has 1 saturated carbocycles. The molecule has 2 rings (SSSR count). The molecule has 0 spiro atoms. The van der Waals surface area contributed by atoms with Crippen LogP contribution in [0.4, 0.5) is 4.79 Å². The number of carbonyl (C=O) groups excluding carboxylic acids is 1. The van der Waals surface area contributed by atoms with Crippen molar-refractivity contribution in [2.75, 3.05) is 20.1 Å². The van der Waals surface area contributed by atoms with Gasteiger partial charge >= 0.3 is 12.0 Å². The molecule has 96 valence electrons. The van der Waals surface area contributed by atoms with Gasteiger partial charge in [0.1, 0.15) is 0 Å². The third-order valence-electron chi connectivity index (χ3n) is 3.85. The average Bonchev–Trinajstić information content (AvgIpc) is 2.33. The topological polar surface area (TPSA) is 60.9 Å². The molecule has 5 heteroatoms. The molecule has 1 unspecified atom stereocenters. The van der Waals surface area contributed by atoms with Crippen molar-refractivity contribution in [1.29, 1.82) is 0 Å². The second-order valence-electron chi connectivity index (χ2n) is 5.14. The van der Waals surface area contributed by atoms with Crippen molar-refractivity contribution < 1.29 is 14.7 Å². The number of rotatable bonds is 2. The molecule has 0 radical (unpaired) electrons.